The van der Waals surface area contributed by atoms with Crippen LogP contribution in [-0.4, -0.2) is 11.0 Å². The Morgan fingerprint density at radius 3 is 3.00 bits per heavy atom. The van der Waals surface area contributed by atoms with E-state index in [1.54, 1.807) is 6.20 Å². The molecule has 3 rings (SSSR count). The second-order valence-electron chi connectivity index (χ2n) is 4.90. The third-order valence-electron chi connectivity index (χ3n) is 3.55. The molecule has 92 valence electrons. The van der Waals surface area contributed by atoms with Crippen LogP contribution >= 0.6 is 0 Å². The maximum absolute atomic E-state index is 5.73. The first-order valence-corrected chi connectivity index (χ1v) is 6.29. The highest BCUT2D eigenvalue weighted by Crippen LogP contribution is 2.32. The minimum Gasteiger partial charge on any atom is -0.384 e. The van der Waals surface area contributed by atoms with Crippen LogP contribution in [-0.2, 0) is 13.0 Å². The number of para-hydroxylation sites is 1. The lowest BCUT2D eigenvalue weighted by Crippen LogP contribution is -2.28. The van der Waals surface area contributed by atoms with E-state index in [1.807, 2.05) is 12.1 Å². The number of nitrogens with zero attached hydrogens (tertiary/aromatic N) is 2. The largest absolute Gasteiger partial charge is 0.384 e. The quantitative estimate of drug-likeness (QED) is 0.876. The van der Waals surface area contributed by atoms with Gasteiger partial charge in [0, 0.05) is 24.5 Å². The predicted molar refractivity (Wildman–Crippen MR) is 74.4 cm³/mol. The Morgan fingerprint density at radius 2 is 2.17 bits per heavy atom. The van der Waals surface area contributed by atoms with E-state index in [0.29, 0.717) is 11.9 Å². The lowest BCUT2D eigenvalue weighted by atomic mass is 10.1. The van der Waals surface area contributed by atoms with Crippen LogP contribution in [0.25, 0.3) is 0 Å². The fourth-order valence-electron chi connectivity index (χ4n) is 2.66. The average Bonchev–Trinajstić information content (AvgIpc) is 2.66. The van der Waals surface area contributed by atoms with Gasteiger partial charge in [0.2, 0.25) is 0 Å². The second-order valence-corrected chi connectivity index (χ2v) is 4.90. The van der Waals surface area contributed by atoms with Crippen LogP contribution in [0, 0.1) is 0 Å². The van der Waals surface area contributed by atoms with Crippen molar-refractivity contribution in [2.24, 2.45) is 0 Å². The summed E-state index contributed by atoms with van der Waals surface area (Å²) in [6, 6.07) is 13.1. The summed E-state index contributed by atoms with van der Waals surface area (Å²) in [4.78, 5) is 6.47. The molecule has 0 saturated heterocycles. The molecule has 0 fully saturated rings. The maximum atomic E-state index is 5.73. The molecular formula is C15H17N3. The monoisotopic (exact) mass is 239 g/mol. The van der Waals surface area contributed by atoms with Gasteiger partial charge in [0.1, 0.15) is 5.82 Å². The van der Waals surface area contributed by atoms with Crippen LogP contribution in [0.1, 0.15) is 18.1 Å². The summed E-state index contributed by atoms with van der Waals surface area (Å²) < 4.78 is 0. The van der Waals surface area contributed by atoms with Gasteiger partial charge < -0.3 is 10.6 Å². The minimum atomic E-state index is 0.539. The minimum absolute atomic E-state index is 0.539. The first-order chi connectivity index (χ1) is 8.74. The van der Waals surface area contributed by atoms with Crippen molar-refractivity contribution in [1.29, 1.82) is 0 Å². The highest BCUT2D eigenvalue weighted by Gasteiger charge is 2.25. The predicted octanol–water partition coefficient (Wildman–Crippen LogP) is 2.62. The molecule has 0 spiro atoms. The maximum Gasteiger partial charge on any atom is 0.123 e. The van der Waals surface area contributed by atoms with Crippen molar-refractivity contribution in [2.45, 2.75) is 25.9 Å². The lowest BCUT2D eigenvalue weighted by molar-refractivity contribution is 0.672. The molecule has 2 N–H and O–H groups in total. The van der Waals surface area contributed by atoms with Crippen LogP contribution in [0.2, 0.25) is 0 Å². The smallest absolute Gasteiger partial charge is 0.123 e. The van der Waals surface area contributed by atoms with Crippen molar-refractivity contribution in [3.8, 4) is 0 Å². The molecule has 0 amide bonds. The molecule has 0 saturated carbocycles. The summed E-state index contributed by atoms with van der Waals surface area (Å²) in [5.41, 5.74) is 9.73. The average molecular weight is 239 g/mol. The van der Waals surface area contributed by atoms with E-state index < -0.39 is 0 Å². The summed E-state index contributed by atoms with van der Waals surface area (Å²) in [5.74, 6) is 0.590. The number of benzene rings is 1. The summed E-state index contributed by atoms with van der Waals surface area (Å²) in [6.07, 6.45) is 2.90. The number of anilines is 2. The van der Waals surface area contributed by atoms with Crippen LogP contribution in [0.4, 0.5) is 11.5 Å². The Balaban J connectivity index is 1.89. The van der Waals surface area contributed by atoms with E-state index in [1.165, 1.54) is 16.8 Å². The fourth-order valence-corrected chi connectivity index (χ4v) is 2.66. The van der Waals surface area contributed by atoms with Crippen molar-refractivity contribution in [2.75, 3.05) is 10.6 Å². The Labute approximate surface area is 107 Å². The SMILES string of the molecule is CC1Cc2ccccc2N1Cc1ccnc(N)c1. The zero-order valence-corrected chi connectivity index (χ0v) is 10.5. The van der Waals surface area contributed by atoms with E-state index in [4.69, 9.17) is 5.73 Å². The molecule has 3 nitrogen and oxygen atoms in total. The number of nitrogen functional groups attached to an aromatic ring is 1. The normalized spacial score (nSPS) is 17.8. The number of hydrogen-bond acceptors (Lipinski definition) is 3. The van der Waals surface area contributed by atoms with Gasteiger partial charge in [0.25, 0.3) is 0 Å². The van der Waals surface area contributed by atoms with Crippen LogP contribution < -0.4 is 10.6 Å². The van der Waals surface area contributed by atoms with Gasteiger partial charge >= 0.3 is 0 Å². The Bertz CT molecular complexity index is 565. The molecule has 0 bridgehead atoms. The van der Waals surface area contributed by atoms with Gasteiger partial charge in [-0.2, -0.15) is 0 Å². The van der Waals surface area contributed by atoms with E-state index in [0.717, 1.165) is 13.0 Å². The Morgan fingerprint density at radius 1 is 1.33 bits per heavy atom. The topological polar surface area (TPSA) is 42.2 Å². The summed E-state index contributed by atoms with van der Waals surface area (Å²) in [5, 5.41) is 0. The first kappa shape index (κ1) is 11.1. The zero-order valence-electron chi connectivity index (χ0n) is 10.5. The van der Waals surface area contributed by atoms with Gasteiger partial charge in [-0.05, 0) is 42.7 Å². The molecule has 18 heavy (non-hydrogen) atoms. The molecule has 1 aliphatic rings. The van der Waals surface area contributed by atoms with E-state index in [9.17, 15) is 0 Å². The van der Waals surface area contributed by atoms with Crippen molar-refractivity contribution >= 4 is 11.5 Å². The van der Waals surface area contributed by atoms with Crippen molar-refractivity contribution in [3.05, 3.63) is 53.7 Å². The Hall–Kier alpha value is -2.03. The molecule has 1 unspecified atom stereocenters. The number of hydrogen-bond donors (Lipinski definition) is 1. The molecule has 2 heterocycles. The number of aromatic nitrogens is 1. The number of pyridine rings is 1. The summed E-state index contributed by atoms with van der Waals surface area (Å²) in [7, 11) is 0. The van der Waals surface area contributed by atoms with E-state index in [2.05, 4.69) is 41.1 Å². The molecule has 1 aromatic heterocycles. The highest BCUT2D eigenvalue weighted by atomic mass is 15.2. The Kier molecular flexibility index (Phi) is 2.67. The molecule has 1 aromatic carbocycles. The molecule has 2 aromatic rings. The van der Waals surface area contributed by atoms with Gasteiger partial charge in [-0.15, -0.1) is 0 Å². The molecule has 1 aliphatic heterocycles. The summed E-state index contributed by atoms with van der Waals surface area (Å²) >= 11 is 0. The van der Waals surface area contributed by atoms with Gasteiger partial charge in [0.05, 0.1) is 0 Å². The third kappa shape index (κ3) is 1.92. The highest BCUT2D eigenvalue weighted by molar-refractivity contribution is 5.59. The van der Waals surface area contributed by atoms with Gasteiger partial charge in [0.15, 0.2) is 0 Å². The van der Waals surface area contributed by atoms with E-state index >= 15 is 0 Å². The van der Waals surface area contributed by atoms with Crippen molar-refractivity contribution in [3.63, 3.8) is 0 Å². The third-order valence-corrected chi connectivity index (χ3v) is 3.55. The molecule has 3 heteroatoms. The number of fused-ring (bicyclic) bond motifs is 1. The van der Waals surface area contributed by atoms with Crippen molar-refractivity contribution < 1.29 is 0 Å². The molecule has 0 radical (unpaired) electrons. The lowest BCUT2D eigenvalue weighted by Gasteiger charge is -2.25. The van der Waals surface area contributed by atoms with E-state index in [-0.39, 0.29) is 0 Å². The van der Waals surface area contributed by atoms with Gasteiger partial charge in [-0.25, -0.2) is 4.98 Å². The fraction of sp³-hybridized carbons (Fsp3) is 0.267. The molecule has 1 atom stereocenters. The number of nitrogens with two attached hydrogens (primary N) is 1. The second kappa shape index (κ2) is 4.33. The van der Waals surface area contributed by atoms with Crippen LogP contribution in [0.3, 0.4) is 0 Å². The first-order valence-electron chi connectivity index (χ1n) is 6.29. The number of rotatable bonds is 2. The standard InChI is InChI=1S/C15H17N3/c1-11-8-13-4-2-3-5-14(13)18(11)10-12-6-7-17-15(16)9-12/h2-7,9,11H,8,10H2,1H3,(H2,16,17). The molecule has 0 aliphatic carbocycles. The molecular weight excluding hydrogens is 222 g/mol. The van der Waals surface area contributed by atoms with Crippen LogP contribution in [0.5, 0.6) is 0 Å². The van der Waals surface area contributed by atoms with Crippen molar-refractivity contribution in [1.82, 2.24) is 4.98 Å². The van der Waals surface area contributed by atoms with Gasteiger partial charge in [-0.1, -0.05) is 18.2 Å². The van der Waals surface area contributed by atoms with Gasteiger partial charge in [-0.3, -0.25) is 0 Å². The van der Waals surface area contributed by atoms with Crippen LogP contribution in [0.15, 0.2) is 42.6 Å². The summed E-state index contributed by atoms with van der Waals surface area (Å²) in [6.45, 7) is 3.16. The zero-order chi connectivity index (χ0) is 12.5.